The third kappa shape index (κ3) is 6.00. The van der Waals surface area contributed by atoms with E-state index in [1.807, 2.05) is 0 Å². The molecule has 2 aromatic heterocycles. The second-order valence-corrected chi connectivity index (χ2v) is 10.6. The molecule has 0 amide bonds. The molecule has 0 radical (unpaired) electrons. The molecule has 0 unspecified atom stereocenters. The van der Waals surface area contributed by atoms with Crippen molar-refractivity contribution in [3.05, 3.63) is 95.7 Å². The summed E-state index contributed by atoms with van der Waals surface area (Å²) in [5.41, 5.74) is 1.71. The van der Waals surface area contributed by atoms with Gasteiger partial charge in [-0.15, -0.1) is 0 Å². The standard InChI is InChI=1S/C26H25F3N4O3S/c1-32-16-25(31-17-32)23-13-22(37(34,35)33(2)15-18-7-9-21(36-3)10-8-18)14-30-24(23)12-19-5-4-6-20(11-19)26(27,28)29/h4-11,13-14,16-17H,12,15H2,1-3H3. The Morgan fingerprint density at radius 3 is 2.38 bits per heavy atom. The molecule has 0 saturated carbocycles. The van der Waals surface area contributed by atoms with Gasteiger partial charge in [0.2, 0.25) is 10.0 Å². The van der Waals surface area contributed by atoms with E-state index >= 15 is 0 Å². The average Bonchev–Trinajstić information content (AvgIpc) is 3.30. The van der Waals surface area contributed by atoms with Gasteiger partial charge in [0.1, 0.15) is 10.6 Å². The fraction of sp³-hybridized carbons (Fsp3) is 0.231. The maximum atomic E-state index is 13.4. The lowest BCUT2D eigenvalue weighted by molar-refractivity contribution is -0.137. The number of benzene rings is 2. The second kappa shape index (κ2) is 10.3. The van der Waals surface area contributed by atoms with Crippen molar-refractivity contribution in [2.45, 2.75) is 24.0 Å². The monoisotopic (exact) mass is 530 g/mol. The Kier molecular flexibility index (Phi) is 7.37. The second-order valence-electron chi connectivity index (χ2n) is 8.57. The first kappa shape index (κ1) is 26.4. The summed E-state index contributed by atoms with van der Waals surface area (Å²) in [7, 11) is 0.846. The van der Waals surface area contributed by atoms with Crippen molar-refractivity contribution in [1.82, 2.24) is 18.8 Å². The van der Waals surface area contributed by atoms with Crippen molar-refractivity contribution >= 4 is 10.0 Å². The molecule has 11 heteroatoms. The van der Waals surface area contributed by atoms with Gasteiger partial charge >= 0.3 is 6.18 Å². The zero-order chi connectivity index (χ0) is 26.8. The van der Waals surface area contributed by atoms with Crippen LogP contribution in [0.3, 0.4) is 0 Å². The van der Waals surface area contributed by atoms with Crippen LogP contribution in [0.5, 0.6) is 5.75 Å². The predicted octanol–water partition coefficient (Wildman–Crippen LogP) is 4.92. The van der Waals surface area contributed by atoms with E-state index in [4.69, 9.17) is 4.74 Å². The van der Waals surface area contributed by atoms with Crippen LogP contribution in [0.25, 0.3) is 11.3 Å². The molecule has 37 heavy (non-hydrogen) atoms. The molecule has 7 nitrogen and oxygen atoms in total. The van der Waals surface area contributed by atoms with Crippen LogP contribution in [0.4, 0.5) is 13.2 Å². The Morgan fingerprint density at radius 1 is 1.03 bits per heavy atom. The quantitative estimate of drug-likeness (QED) is 0.323. The summed E-state index contributed by atoms with van der Waals surface area (Å²) >= 11 is 0. The van der Waals surface area contributed by atoms with Crippen LogP contribution in [0, 0.1) is 0 Å². The van der Waals surface area contributed by atoms with Crippen LogP contribution >= 0.6 is 0 Å². The maximum absolute atomic E-state index is 13.4. The lowest BCUT2D eigenvalue weighted by atomic mass is 10.0. The van der Waals surface area contributed by atoms with Gasteiger partial charge in [-0.2, -0.15) is 17.5 Å². The molecule has 0 aliphatic heterocycles. The highest BCUT2D eigenvalue weighted by Crippen LogP contribution is 2.31. The van der Waals surface area contributed by atoms with E-state index in [1.54, 1.807) is 61.6 Å². The molecule has 0 saturated heterocycles. The van der Waals surface area contributed by atoms with Crippen LogP contribution < -0.4 is 4.74 Å². The van der Waals surface area contributed by atoms with Gasteiger partial charge in [-0.1, -0.05) is 30.3 Å². The SMILES string of the molecule is COc1ccc(CN(C)S(=O)(=O)c2cnc(Cc3cccc(C(F)(F)F)c3)c(-c3cn(C)cn3)c2)cc1. The topological polar surface area (TPSA) is 77.3 Å². The molecule has 0 spiro atoms. The lowest BCUT2D eigenvalue weighted by Gasteiger charge is -2.18. The molecule has 2 heterocycles. The highest BCUT2D eigenvalue weighted by Gasteiger charge is 2.30. The lowest BCUT2D eigenvalue weighted by Crippen LogP contribution is -2.26. The van der Waals surface area contributed by atoms with Crippen LogP contribution in [-0.2, 0) is 36.2 Å². The first-order valence-electron chi connectivity index (χ1n) is 11.2. The molecule has 4 aromatic rings. The van der Waals surface area contributed by atoms with Crippen LogP contribution in [0.2, 0.25) is 0 Å². The van der Waals surface area contributed by atoms with E-state index < -0.39 is 21.8 Å². The fourth-order valence-corrected chi connectivity index (χ4v) is 4.97. The van der Waals surface area contributed by atoms with Crippen LogP contribution in [0.1, 0.15) is 22.4 Å². The van der Waals surface area contributed by atoms with Gasteiger partial charge in [0.15, 0.2) is 0 Å². The van der Waals surface area contributed by atoms with Crippen molar-refractivity contribution in [2.75, 3.05) is 14.2 Å². The maximum Gasteiger partial charge on any atom is 0.416 e. The zero-order valence-corrected chi connectivity index (χ0v) is 21.2. The highest BCUT2D eigenvalue weighted by molar-refractivity contribution is 7.89. The first-order valence-corrected chi connectivity index (χ1v) is 12.6. The number of rotatable bonds is 8. The third-order valence-electron chi connectivity index (χ3n) is 5.82. The first-order chi connectivity index (χ1) is 17.5. The normalized spacial score (nSPS) is 12.2. The number of nitrogens with zero attached hydrogens (tertiary/aromatic N) is 4. The van der Waals surface area contributed by atoms with Gasteiger partial charge in [-0.3, -0.25) is 4.98 Å². The summed E-state index contributed by atoms with van der Waals surface area (Å²) in [5, 5.41) is 0. The summed E-state index contributed by atoms with van der Waals surface area (Å²) in [4.78, 5) is 8.65. The van der Waals surface area contributed by atoms with Gasteiger partial charge in [0.05, 0.1) is 30.4 Å². The molecule has 0 aliphatic carbocycles. The van der Waals surface area contributed by atoms with Gasteiger partial charge in [0, 0.05) is 45.0 Å². The molecule has 0 atom stereocenters. The Balaban J connectivity index is 1.68. The molecule has 4 rings (SSSR count). The highest BCUT2D eigenvalue weighted by atomic mass is 32.2. The minimum absolute atomic E-state index is 0.0445. The van der Waals surface area contributed by atoms with E-state index in [2.05, 4.69) is 9.97 Å². The van der Waals surface area contributed by atoms with E-state index in [9.17, 15) is 21.6 Å². The Morgan fingerprint density at radius 2 is 1.76 bits per heavy atom. The van der Waals surface area contributed by atoms with Crippen molar-refractivity contribution < 1.29 is 26.3 Å². The van der Waals surface area contributed by atoms with E-state index in [1.165, 1.54) is 29.7 Å². The number of hydrogen-bond donors (Lipinski definition) is 0. The Hall–Kier alpha value is -3.70. The molecular formula is C26H25F3N4O3S. The number of hydrogen-bond acceptors (Lipinski definition) is 5. The molecule has 0 aliphatic rings. The molecule has 0 fully saturated rings. The van der Waals surface area contributed by atoms with Gasteiger partial charge in [-0.05, 0) is 35.4 Å². The summed E-state index contributed by atoms with van der Waals surface area (Å²) in [6.45, 7) is 0.122. The smallest absolute Gasteiger partial charge is 0.416 e. The van der Waals surface area contributed by atoms with Crippen molar-refractivity contribution in [1.29, 1.82) is 0 Å². The third-order valence-corrected chi connectivity index (χ3v) is 7.59. The number of alkyl halides is 3. The van der Waals surface area contributed by atoms with Crippen LogP contribution in [0.15, 0.2) is 78.2 Å². The number of methoxy groups -OCH3 is 1. The fourth-order valence-electron chi connectivity index (χ4n) is 3.83. The largest absolute Gasteiger partial charge is 0.497 e. The van der Waals surface area contributed by atoms with E-state index in [-0.39, 0.29) is 17.9 Å². The zero-order valence-electron chi connectivity index (χ0n) is 20.4. The average molecular weight is 531 g/mol. The van der Waals surface area contributed by atoms with Crippen LogP contribution in [-0.4, -0.2) is 41.4 Å². The number of sulfonamides is 1. The van der Waals surface area contributed by atoms with E-state index in [0.29, 0.717) is 28.3 Å². The molecular weight excluding hydrogens is 505 g/mol. The summed E-state index contributed by atoms with van der Waals surface area (Å²) in [6, 6.07) is 13.5. The Labute approximate surface area is 213 Å². The predicted molar refractivity (Wildman–Crippen MR) is 132 cm³/mol. The number of aromatic nitrogens is 3. The molecule has 2 aromatic carbocycles. The minimum atomic E-state index is -4.47. The van der Waals surface area contributed by atoms with Gasteiger partial charge < -0.3 is 9.30 Å². The summed E-state index contributed by atoms with van der Waals surface area (Å²) < 4.78 is 74.4. The van der Waals surface area contributed by atoms with E-state index in [0.717, 1.165) is 17.7 Å². The summed E-state index contributed by atoms with van der Waals surface area (Å²) in [5.74, 6) is 0.662. The molecule has 0 bridgehead atoms. The number of ether oxygens (including phenoxy) is 1. The summed E-state index contributed by atoms with van der Waals surface area (Å²) in [6.07, 6.45) is 0.0806. The minimum Gasteiger partial charge on any atom is -0.497 e. The van der Waals surface area contributed by atoms with Gasteiger partial charge in [-0.25, -0.2) is 13.4 Å². The van der Waals surface area contributed by atoms with Gasteiger partial charge in [0.25, 0.3) is 0 Å². The number of pyridine rings is 1. The van der Waals surface area contributed by atoms with Crippen molar-refractivity contribution in [3.63, 3.8) is 0 Å². The number of aryl methyl sites for hydroxylation is 1. The molecule has 0 N–H and O–H groups in total. The van der Waals surface area contributed by atoms with Crippen molar-refractivity contribution in [2.24, 2.45) is 7.05 Å². The number of imidazole rings is 1. The van der Waals surface area contributed by atoms with Crippen molar-refractivity contribution in [3.8, 4) is 17.0 Å². The Bertz CT molecular complexity index is 1500. The number of halogens is 3. The molecule has 194 valence electrons.